The van der Waals surface area contributed by atoms with Gasteiger partial charge in [-0.15, -0.1) is 0 Å². The minimum Gasteiger partial charge on any atom is -0.445 e. The molecule has 1 saturated heterocycles. The summed E-state index contributed by atoms with van der Waals surface area (Å²) in [4.78, 5) is 13.8. The van der Waals surface area contributed by atoms with Crippen LogP contribution in [-0.2, 0) is 11.3 Å². The summed E-state index contributed by atoms with van der Waals surface area (Å²) in [5.74, 6) is 1.00. The average molecular weight is 294 g/mol. The van der Waals surface area contributed by atoms with Crippen LogP contribution < -0.4 is 5.73 Å². The highest BCUT2D eigenvalue weighted by Gasteiger charge is 2.23. The highest BCUT2D eigenvalue weighted by Crippen LogP contribution is 2.23. The van der Waals surface area contributed by atoms with Crippen molar-refractivity contribution in [3.8, 4) is 0 Å². The van der Waals surface area contributed by atoms with Crippen LogP contribution in [0.4, 0.5) is 4.79 Å². The molecule has 0 aromatic heterocycles. The molecule has 0 aliphatic carbocycles. The van der Waals surface area contributed by atoms with E-state index >= 15 is 0 Å². The fourth-order valence-electron chi connectivity index (χ4n) is 2.25. The molecular weight excluding hydrogens is 272 g/mol. The number of amides is 1. The second-order valence-corrected chi connectivity index (χ2v) is 6.29. The minimum atomic E-state index is -0.198. The number of ether oxygens (including phenoxy) is 1. The Labute approximate surface area is 124 Å². The maximum Gasteiger partial charge on any atom is 0.410 e. The van der Waals surface area contributed by atoms with E-state index in [1.165, 1.54) is 0 Å². The van der Waals surface area contributed by atoms with E-state index in [-0.39, 0.29) is 6.09 Å². The molecule has 1 aromatic carbocycles. The van der Waals surface area contributed by atoms with Gasteiger partial charge in [0.15, 0.2) is 0 Å². The van der Waals surface area contributed by atoms with Gasteiger partial charge in [0.1, 0.15) is 6.61 Å². The first-order valence-corrected chi connectivity index (χ1v) is 8.12. The number of hydrogen-bond acceptors (Lipinski definition) is 4. The van der Waals surface area contributed by atoms with Crippen molar-refractivity contribution in [2.24, 2.45) is 5.73 Å². The lowest BCUT2D eigenvalue weighted by molar-refractivity contribution is 0.0901. The number of nitrogens with zero attached hydrogens (tertiary/aromatic N) is 1. The van der Waals surface area contributed by atoms with Crippen LogP contribution in [0.15, 0.2) is 30.3 Å². The highest BCUT2D eigenvalue weighted by molar-refractivity contribution is 7.99. The largest absolute Gasteiger partial charge is 0.445 e. The Morgan fingerprint density at radius 3 is 2.65 bits per heavy atom. The Hall–Kier alpha value is -1.20. The standard InChI is InChI=1S/C15H22N2O2S/c16-8-11-20-14-6-9-17(10-7-14)15(18)19-12-13-4-2-1-3-5-13/h1-5,14H,6-12,16H2. The quantitative estimate of drug-likeness (QED) is 0.906. The van der Waals surface area contributed by atoms with E-state index in [0.717, 1.165) is 43.8 Å². The summed E-state index contributed by atoms with van der Waals surface area (Å²) < 4.78 is 5.34. The number of piperidine rings is 1. The molecule has 1 heterocycles. The molecular formula is C15H22N2O2S. The molecule has 2 rings (SSSR count). The predicted molar refractivity (Wildman–Crippen MR) is 82.7 cm³/mol. The number of carbonyl (C=O) groups excluding carboxylic acids is 1. The molecule has 2 N–H and O–H groups in total. The molecule has 0 atom stereocenters. The predicted octanol–water partition coefficient (Wildman–Crippen LogP) is 2.48. The molecule has 0 unspecified atom stereocenters. The van der Waals surface area contributed by atoms with Crippen molar-refractivity contribution >= 4 is 17.9 Å². The van der Waals surface area contributed by atoms with Crippen molar-refractivity contribution in [3.63, 3.8) is 0 Å². The lowest BCUT2D eigenvalue weighted by Gasteiger charge is -2.30. The Morgan fingerprint density at radius 2 is 2.00 bits per heavy atom. The first kappa shape index (κ1) is 15.2. The highest BCUT2D eigenvalue weighted by atomic mass is 32.2. The second-order valence-electron chi connectivity index (χ2n) is 4.89. The van der Waals surface area contributed by atoms with Crippen LogP contribution in [0.3, 0.4) is 0 Å². The van der Waals surface area contributed by atoms with Gasteiger partial charge < -0.3 is 15.4 Å². The number of rotatable bonds is 5. The first-order valence-electron chi connectivity index (χ1n) is 7.07. The van der Waals surface area contributed by atoms with E-state index in [2.05, 4.69) is 0 Å². The summed E-state index contributed by atoms with van der Waals surface area (Å²) in [6.45, 7) is 2.65. The van der Waals surface area contributed by atoms with Crippen molar-refractivity contribution in [2.75, 3.05) is 25.4 Å². The summed E-state index contributed by atoms with van der Waals surface area (Å²) in [5, 5.41) is 0.636. The Balaban J connectivity index is 1.69. The molecule has 1 amide bonds. The molecule has 1 aromatic rings. The number of benzene rings is 1. The molecule has 0 radical (unpaired) electrons. The molecule has 0 spiro atoms. The third-order valence-electron chi connectivity index (χ3n) is 3.38. The SMILES string of the molecule is NCCSC1CCN(C(=O)OCc2ccccc2)CC1. The van der Waals surface area contributed by atoms with E-state index < -0.39 is 0 Å². The summed E-state index contributed by atoms with van der Waals surface area (Å²) in [6.07, 6.45) is 1.87. The van der Waals surface area contributed by atoms with Gasteiger partial charge in [0.05, 0.1) is 0 Å². The third kappa shape index (κ3) is 4.72. The fourth-order valence-corrected chi connectivity index (χ4v) is 3.26. The van der Waals surface area contributed by atoms with Gasteiger partial charge >= 0.3 is 6.09 Å². The van der Waals surface area contributed by atoms with Crippen LogP contribution in [0.1, 0.15) is 18.4 Å². The van der Waals surface area contributed by atoms with E-state index in [1.807, 2.05) is 47.0 Å². The Bertz CT molecular complexity index is 406. The normalized spacial score (nSPS) is 16.1. The topological polar surface area (TPSA) is 55.6 Å². The van der Waals surface area contributed by atoms with E-state index in [4.69, 9.17) is 10.5 Å². The molecule has 0 saturated carbocycles. The van der Waals surface area contributed by atoms with Crippen molar-refractivity contribution in [1.29, 1.82) is 0 Å². The summed E-state index contributed by atoms with van der Waals surface area (Å²) >= 11 is 1.92. The zero-order valence-electron chi connectivity index (χ0n) is 11.7. The van der Waals surface area contributed by atoms with Gasteiger partial charge in [-0.1, -0.05) is 30.3 Å². The van der Waals surface area contributed by atoms with Gasteiger partial charge in [0.25, 0.3) is 0 Å². The van der Waals surface area contributed by atoms with Crippen molar-refractivity contribution in [2.45, 2.75) is 24.7 Å². The molecule has 110 valence electrons. The lowest BCUT2D eigenvalue weighted by Crippen LogP contribution is -2.39. The molecule has 0 bridgehead atoms. The summed E-state index contributed by atoms with van der Waals surface area (Å²) in [5.41, 5.74) is 6.53. The van der Waals surface area contributed by atoms with Gasteiger partial charge in [-0.3, -0.25) is 0 Å². The van der Waals surface area contributed by atoms with Crippen molar-refractivity contribution < 1.29 is 9.53 Å². The van der Waals surface area contributed by atoms with Crippen molar-refractivity contribution in [3.05, 3.63) is 35.9 Å². The second kappa shape index (κ2) is 8.17. The molecule has 20 heavy (non-hydrogen) atoms. The monoisotopic (exact) mass is 294 g/mol. The Morgan fingerprint density at radius 1 is 1.30 bits per heavy atom. The van der Waals surface area contributed by atoms with Gasteiger partial charge in [0.2, 0.25) is 0 Å². The van der Waals surface area contributed by atoms with Crippen LogP contribution in [0.2, 0.25) is 0 Å². The first-order chi connectivity index (χ1) is 9.79. The van der Waals surface area contributed by atoms with Gasteiger partial charge in [0, 0.05) is 30.6 Å². The van der Waals surface area contributed by atoms with Crippen LogP contribution in [0.25, 0.3) is 0 Å². The lowest BCUT2D eigenvalue weighted by atomic mass is 10.1. The minimum absolute atomic E-state index is 0.198. The fraction of sp³-hybridized carbons (Fsp3) is 0.533. The van der Waals surface area contributed by atoms with E-state index in [1.54, 1.807) is 0 Å². The van der Waals surface area contributed by atoms with Gasteiger partial charge in [-0.25, -0.2) is 4.79 Å². The summed E-state index contributed by atoms with van der Waals surface area (Å²) in [7, 11) is 0. The molecule has 1 aliphatic heterocycles. The number of thioether (sulfide) groups is 1. The molecule has 4 nitrogen and oxygen atoms in total. The summed E-state index contributed by atoms with van der Waals surface area (Å²) in [6, 6.07) is 9.77. The van der Waals surface area contributed by atoms with E-state index in [9.17, 15) is 4.79 Å². The molecule has 1 fully saturated rings. The third-order valence-corrected chi connectivity index (χ3v) is 4.79. The number of likely N-dealkylation sites (tertiary alicyclic amines) is 1. The van der Waals surface area contributed by atoms with E-state index in [0.29, 0.717) is 11.9 Å². The van der Waals surface area contributed by atoms with Crippen molar-refractivity contribution in [1.82, 2.24) is 4.90 Å². The van der Waals surface area contributed by atoms with Crippen LogP contribution >= 0.6 is 11.8 Å². The Kier molecular flexibility index (Phi) is 6.21. The number of hydrogen-bond donors (Lipinski definition) is 1. The number of nitrogens with two attached hydrogens (primary N) is 1. The smallest absolute Gasteiger partial charge is 0.410 e. The molecule has 1 aliphatic rings. The number of carbonyl (C=O) groups is 1. The maximum atomic E-state index is 12.0. The maximum absolute atomic E-state index is 12.0. The zero-order chi connectivity index (χ0) is 14.2. The average Bonchev–Trinajstić information content (AvgIpc) is 2.52. The van der Waals surface area contributed by atoms with Gasteiger partial charge in [-0.05, 0) is 18.4 Å². The van der Waals surface area contributed by atoms with Crippen LogP contribution in [0, 0.1) is 0 Å². The zero-order valence-corrected chi connectivity index (χ0v) is 12.5. The molecule has 5 heteroatoms. The van der Waals surface area contributed by atoms with Crippen LogP contribution in [0.5, 0.6) is 0 Å². The van der Waals surface area contributed by atoms with Crippen LogP contribution in [-0.4, -0.2) is 41.6 Å². The van der Waals surface area contributed by atoms with Gasteiger partial charge in [-0.2, -0.15) is 11.8 Å².